The maximum atomic E-state index is 12.1. The zero-order valence-electron chi connectivity index (χ0n) is 12.6. The SMILES string of the molecule is O=C(CSc1nnnn1-c1cccc(Cl)c1)NC1CCCCC1. The Hall–Kier alpha value is -1.60. The van der Waals surface area contributed by atoms with Crippen LogP contribution in [0.15, 0.2) is 29.4 Å². The van der Waals surface area contributed by atoms with Crippen LogP contribution < -0.4 is 5.32 Å². The summed E-state index contributed by atoms with van der Waals surface area (Å²) in [5.41, 5.74) is 0.776. The Kier molecular flexibility index (Phi) is 5.51. The molecule has 1 aromatic heterocycles. The van der Waals surface area contributed by atoms with Gasteiger partial charge in [-0.1, -0.05) is 48.7 Å². The van der Waals surface area contributed by atoms with E-state index in [2.05, 4.69) is 20.8 Å². The highest BCUT2D eigenvalue weighted by Crippen LogP contribution is 2.21. The van der Waals surface area contributed by atoms with Crippen LogP contribution in [0.2, 0.25) is 5.02 Å². The third kappa shape index (κ3) is 4.45. The molecule has 3 rings (SSSR count). The average Bonchev–Trinajstić information content (AvgIpc) is 3.02. The van der Waals surface area contributed by atoms with Crippen molar-refractivity contribution >= 4 is 29.3 Å². The molecule has 0 unspecified atom stereocenters. The maximum absolute atomic E-state index is 12.1. The van der Waals surface area contributed by atoms with Crippen LogP contribution in [0, 0.1) is 0 Å². The molecule has 1 heterocycles. The Morgan fingerprint density at radius 3 is 2.96 bits per heavy atom. The molecule has 0 spiro atoms. The van der Waals surface area contributed by atoms with Crippen LogP contribution in [0.1, 0.15) is 32.1 Å². The number of rotatable bonds is 5. The summed E-state index contributed by atoms with van der Waals surface area (Å²) in [5.74, 6) is 0.333. The fourth-order valence-corrected chi connectivity index (χ4v) is 3.57. The molecular formula is C15H18ClN5OS. The first-order chi connectivity index (χ1) is 11.2. The number of benzene rings is 1. The van der Waals surface area contributed by atoms with E-state index < -0.39 is 0 Å². The average molecular weight is 352 g/mol. The van der Waals surface area contributed by atoms with Gasteiger partial charge in [-0.15, -0.1) is 5.10 Å². The van der Waals surface area contributed by atoms with E-state index >= 15 is 0 Å². The number of amides is 1. The third-order valence-corrected chi connectivity index (χ3v) is 4.95. The van der Waals surface area contributed by atoms with Crippen LogP contribution >= 0.6 is 23.4 Å². The zero-order valence-corrected chi connectivity index (χ0v) is 14.2. The number of carbonyl (C=O) groups excluding carboxylic acids is 1. The first kappa shape index (κ1) is 16.3. The number of nitrogens with one attached hydrogen (secondary N) is 1. The van der Waals surface area contributed by atoms with Gasteiger partial charge in [0.2, 0.25) is 11.1 Å². The molecule has 0 radical (unpaired) electrons. The van der Waals surface area contributed by atoms with E-state index in [9.17, 15) is 4.79 Å². The van der Waals surface area contributed by atoms with Gasteiger partial charge in [0.25, 0.3) is 0 Å². The predicted octanol–water partition coefficient (Wildman–Crippen LogP) is 2.86. The smallest absolute Gasteiger partial charge is 0.230 e. The fourth-order valence-electron chi connectivity index (χ4n) is 2.69. The number of thioether (sulfide) groups is 1. The molecule has 1 N–H and O–H groups in total. The van der Waals surface area contributed by atoms with E-state index in [0.717, 1.165) is 18.5 Å². The second kappa shape index (κ2) is 7.79. The summed E-state index contributed by atoms with van der Waals surface area (Å²) < 4.78 is 1.59. The molecular weight excluding hydrogens is 334 g/mol. The van der Waals surface area contributed by atoms with Crippen LogP contribution in [-0.4, -0.2) is 37.9 Å². The predicted molar refractivity (Wildman–Crippen MR) is 89.9 cm³/mol. The summed E-state index contributed by atoms with van der Waals surface area (Å²) in [6, 6.07) is 7.60. The second-order valence-corrected chi connectivity index (χ2v) is 6.92. The highest BCUT2D eigenvalue weighted by Gasteiger charge is 2.17. The van der Waals surface area contributed by atoms with E-state index in [1.807, 2.05) is 12.1 Å². The quantitative estimate of drug-likeness (QED) is 0.838. The normalized spacial score (nSPS) is 15.5. The molecule has 0 aliphatic heterocycles. The molecule has 1 aliphatic rings. The molecule has 122 valence electrons. The van der Waals surface area contributed by atoms with Crippen molar-refractivity contribution in [2.75, 3.05) is 5.75 Å². The Morgan fingerprint density at radius 1 is 1.35 bits per heavy atom. The number of halogens is 1. The standard InChI is InChI=1S/C15H18ClN5OS/c16-11-5-4-8-13(9-11)21-15(18-19-20-21)23-10-14(22)17-12-6-2-1-3-7-12/h4-5,8-9,12H,1-3,6-7,10H2,(H,17,22). The molecule has 1 aromatic carbocycles. The number of hydrogen-bond acceptors (Lipinski definition) is 5. The van der Waals surface area contributed by atoms with Gasteiger partial charge in [0, 0.05) is 11.1 Å². The number of tetrazole rings is 1. The number of hydrogen-bond donors (Lipinski definition) is 1. The minimum absolute atomic E-state index is 0.0301. The van der Waals surface area contributed by atoms with Gasteiger partial charge < -0.3 is 5.32 Å². The van der Waals surface area contributed by atoms with Gasteiger partial charge in [-0.2, -0.15) is 4.68 Å². The molecule has 0 saturated heterocycles. The van der Waals surface area contributed by atoms with Gasteiger partial charge >= 0.3 is 0 Å². The zero-order chi connectivity index (χ0) is 16.1. The van der Waals surface area contributed by atoms with Gasteiger partial charge in [-0.05, 0) is 41.5 Å². The van der Waals surface area contributed by atoms with Gasteiger partial charge in [0.1, 0.15) is 0 Å². The summed E-state index contributed by atoms with van der Waals surface area (Å²) in [6.45, 7) is 0. The van der Waals surface area contributed by atoms with Gasteiger partial charge in [0.05, 0.1) is 11.4 Å². The van der Waals surface area contributed by atoms with Crippen molar-refractivity contribution in [1.29, 1.82) is 0 Å². The largest absolute Gasteiger partial charge is 0.353 e. The van der Waals surface area contributed by atoms with E-state index in [-0.39, 0.29) is 5.91 Å². The van der Waals surface area contributed by atoms with Crippen molar-refractivity contribution in [3.63, 3.8) is 0 Å². The fraction of sp³-hybridized carbons (Fsp3) is 0.467. The lowest BCUT2D eigenvalue weighted by Gasteiger charge is -2.22. The Morgan fingerprint density at radius 2 is 2.17 bits per heavy atom. The van der Waals surface area contributed by atoms with Crippen molar-refractivity contribution in [1.82, 2.24) is 25.5 Å². The topological polar surface area (TPSA) is 72.7 Å². The van der Waals surface area contributed by atoms with Gasteiger partial charge in [0.15, 0.2) is 0 Å². The van der Waals surface area contributed by atoms with Crippen LogP contribution in [0.3, 0.4) is 0 Å². The Bertz CT molecular complexity index is 671. The van der Waals surface area contributed by atoms with E-state index in [1.165, 1.54) is 31.0 Å². The first-order valence-electron chi connectivity index (χ1n) is 7.69. The minimum atomic E-state index is 0.0301. The second-order valence-electron chi connectivity index (χ2n) is 5.54. The highest BCUT2D eigenvalue weighted by atomic mass is 35.5. The summed E-state index contributed by atoms with van der Waals surface area (Å²) in [4.78, 5) is 12.1. The van der Waals surface area contributed by atoms with Crippen molar-refractivity contribution in [3.8, 4) is 5.69 Å². The summed E-state index contributed by atoms with van der Waals surface area (Å²) >= 11 is 7.32. The van der Waals surface area contributed by atoms with Crippen LogP contribution in [-0.2, 0) is 4.79 Å². The molecule has 8 heteroatoms. The van der Waals surface area contributed by atoms with Gasteiger partial charge in [-0.3, -0.25) is 4.79 Å². The molecule has 1 fully saturated rings. The van der Waals surface area contributed by atoms with E-state index in [0.29, 0.717) is 22.0 Å². The molecule has 1 saturated carbocycles. The van der Waals surface area contributed by atoms with Crippen LogP contribution in [0.4, 0.5) is 0 Å². The highest BCUT2D eigenvalue weighted by molar-refractivity contribution is 7.99. The van der Waals surface area contributed by atoms with Crippen molar-refractivity contribution in [2.24, 2.45) is 0 Å². The summed E-state index contributed by atoms with van der Waals surface area (Å²) in [5, 5.41) is 15.9. The summed E-state index contributed by atoms with van der Waals surface area (Å²) in [6.07, 6.45) is 5.83. The number of aromatic nitrogens is 4. The van der Waals surface area contributed by atoms with Crippen molar-refractivity contribution in [2.45, 2.75) is 43.3 Å². The monoisotopic (exact) mass is 351 g/mol. The number of nitrogens with zero attached hydrogens (tertiary/aromatic N) is 4. The first-order valence-corrected chi connectivity index (χ1v) is 9.05. The molecule has 1 amide bonds. The van der Waals surface area contributed by atoms with E-state index in [1.54, 1.807) is 16.8 Å². The van der Waals surface area contributed by atoms with Crippen molar-refractivity contribution < 1.29 is 4.79 Å². The molecule has 23 heavy (non-hydrogen) atoms. The Balaban J connectivity index is 1.58. The Labute approximate surface area is 144 Å². The molecule has 2 aromatic rings. The van der Waals surface area contributed by atoms with Gasteiger partial charge in [-0.25, -0.2) is 0 Å². The lowest BCUT2D eigenvalue weighted by Crippen LogP contribution is -2.37. The van der Waals surface area contributed by atoms with Crippen molar-refractivity contribution in [3.05, 3.63) is 29.3 Å². The molecule has 0 atom stereocenters. The van der Waals surface area contributed by atoms with Crippen LogP contribution in [0.25, 0.3) is 5.69 Å². The lowest BCUT2D eigenvalue weighted by atomic mass is 9.95. The van der Waals surface area contributed by atoms with Crippen LogP contribution in [0.5, 0.6) is 0 Å². The molecule has 1 aliphatic carbocycles. The maximum Gasteiger partial charge on any atom is 0.230 e. The lowest BCUT2D eigenvalue weighted by molar-refractivity contribution is -0.119. The molecule has 0 bridgehead atoms. The summed E-state index contributed by atoms with van der Waals surface area (Å²) in [7, 11) is 0. The minimum Gasteiger partial charge on any atom is -0.353 e. The third-order valence-electron chi connectivity index (χ3n) is 3.80. The van der Waals surface area contributed by atoms with E-state index in [4.69, 9.17) is 11.6 Å². The number of carbonyl (C=O) groups is 1. The molecule has 6 nitrogen and oxygen atoms in total.